The number of amides is 2. The Bertz CT molecular complexity index is 296. The zero-order valence-corrected chi connectivity index (χ0v) is 13.7. The standard InChI is InChI=1S/C17H33N3O/c1-15(14-20-11-5-2-6-12-20)13-19-17(21)18-10-9-16-7-3-4-8-16/h15-16H,2-14H2,1H3,(H2,18,19,21). The van der Waals surface area contributed by atoms with E-state index in [9.17, 15) is 4.79 Å². The van der Waals surface area contributed by atoms with Crippen LogP contribution in [0.25, 0.3) is 0 Å². The van der Waals surface area contributed by atoms with E-state index in [0.717, 1.165) is 32.0 Å². The van der Waals surface area contributed by atoms with Crippen molar-refractivity contribution in [1.29, 1.82) is 0 Å². The third-order valence-corrected chi connectivity index (χ3v) is 4.94. The second-order valence-electron chi connectivity index (χ2n) is 7.04. The van der Waals surface area contributed by atoms with Crippen molar-refractivity contribution in [3.63, 3.8) is 0 Å². The monoisotopic (exact) mass is 295 g/mol. The lowest BCUT2D eigenvalue weighted by Gasteiger charge is -2.29. The molecule has 122 valence electrons. The summed E-state index contributed by atoms with van der Waals surface area (Å²) in [5.74, 6) is 1.38. The fraction of sp³-hybridized carbons (Fsp3) is 0.941. The molecule has 0 aromatic carbocycles. The Kier molecular flexibility index (Phi) is 7.34. The van der Waals surface area contributed by atoms with E-state index in [1.54, 1.807) is 0 Å². The summed E-state index contributed by atoms with van der Waals surface area (Å²) in [6.45, 7) is 7.42. The van der Waals surface area contributed by atoms with Crippen LogP contribution in [0.5, 0.6) is 0 Å². The highest BCUT2D eigenvalue weighted by Gasteiger charge is 2.15. The normalized spacial score (nSPS) is 22.1. The molecule has 1 saturated heterocycles. The van der Waals surface area contributed by atoms with Gasteiger partial charge in [0.05, 0.1) is 0 Å². The SMILES string of the molecule is CC(CNC(=O)NCCC1CCCC1)CN1CCCCC1. The largest absolute Gasteiger partial charge is 0.338 e. The van der Waals surface area contributed by atoms with Gasteiger partial charge in [-0.2, -0.15) is 0 Å². The van der Waals surface area contributed by atoms with Crippen LogP contribution in [-0.2, 0) is 0 Å². The van der Waals surface area contributed by atoms with Crippen molar-refractivity contribution < 1.29 is 4.79 Å². The zero-order chi connectivity index (χ0) is 14.9. The molecule has 1 heterocycles. The van der Waals surface area contributed by atoms with Crippen LogP contribution in [0.1, 0.15) is 58.3 Å². The highest BCUT2D eigenvalue weighted by molar-refractivity contribution is 5.73. The van der Waals surface area contributed by atoms with Gasteiger partial charge in [0.2, 0.25) is 0 Å². The van der Waals surface area contributed by atoms with Gasteiger partial charge in [-0.3, -0.25) is 0 Å². The third-order valence-electron chi connectivity index (χ3n) is 4.94. The van der Waals surface area contributed by atoms with Crippen LogP contribution in [0.15, 0.2) is 0 Å². The lowest BCUT2D eigenvalue weighted by atomic mass is 10.0. The number of nitrogens with zero attached hydrogens (tertiary/aromatic N) is 1. The second kappa shape index (κ2) is 9.29. The molecule has 1 atom stereocenters. The number of urea groups is 1. The Labute approximate surface area is 130 Å². The molecule has 0 aromatic heterocycles. The van der Waals surface area contributed by atoms with Crippen LogP contribution in [0.2, 0.25) is 0 Å². The summed E-state index contributed by atoms with van der Waals surface area (Å²) in [5, 5.41) is 6.03. The van der Waals surface area contributed by atoms with E-state index < -0.39 is 0 Å². The molecule has 1 unspecified atom stereocenters. The highest BCUT2D eigenvalue weighted by atomic mass is 16.2. The average molecular weight is 295 g/mol. The molecule has 2 rings (SSSR count). The molecule has 0 aromatic rings. The minimum absolute atomic E-state index is 0.0125. The number of hydrogen-bond donors (Lipinski definition) is 2. The number of hydrogen-bond acceptors (Lipinski definition) is 2. The number of rotatable bonds is 7. The summed E-state index contributed by atoms with van der Waals surface area (Å²) in [6, 6.07) is 0.0125. The molecule has 4 nitrogen and oxygen atoms in total. The predicted molar refractivity (Wildman–Crippen MR) is 87.4 cm³/mol. The lowest BCUT2D eigenvalue weighted by molar-refractivity contribution is 0.197. The first-order valence-corrected chi connectivity index (χ1v) is 8.98. The first kappa shape index (κ1) is 16.6. The highest BCUT2D eigenvalue weighted by Crippen LogP contribution is 2.26. The van der Waals surface area contributed by atoms with Crippen LogP contribution in [0.3, 0.4) is 0 Å². The van der Waals surface area contributed by atoms with Crippen LogP contribution in [0.4, 0.5) is 4.79 Å². The van der Waals surface area contributed by atoms with Crippen molar-refractivity contribution in [2.24, 2.45) is 11.8 Å². The Balaban J connectivity index is 1.49. The Hall–Kier alpha value is -0.770. The number of likely N-dealkylation sites (tertiary alicyclic amines) is 1. The maximum atomic E-state index is 11.8. The van der Waals surface area contributed by atoms with Gasteiger partial charge in [0.15, 0.2) is 0 Å². The van der Waals surface area contributed by atoms with E-state index in [2.05, 4.69) is 22.5 Å². The van der Waals surface area contributed by atoms with Crippen molar-refractivity contribution in [2.75, 3.05) is 32.7 Å². The number of carbonyl (C=O) groups excluding carboxylic acids is 1. The van der Waals surface area contributed by atoms with Crippen molar-refractivity contribution >= 4 is 6.03 Å². The summed E-state index contributed by atoms with van der Waals surface area (Å²) in [6.07, 6.45) is 10.7. The minimum atomic E-state index is 0.0125. The van der Waals surface area contributed by atoms with Crippen molar-refractivity contribution in [2.45, 2.75) is 58.3 Å². The van der Waals surface area contributed by atoms with Gasteiger partial charge < -0.3 is 15.5 Å². The maximum absolute atomic E-state index is 11.8. The molecule has 21 heavy (non-hydrogen) atoms. The predicted octanol–water partition coefficient (Wildman–Crippen LogP) is 2.99. The smallest absolute Gasteiger partial charge is 0.314 e. The topological polar surface area (TPSA) is 44.4 Å². The van der Waals surface area contributed by atoms with Crippen LogP contribution in [-0.4, -0.2) is 43.7 Å². The van der Waals surface area contributed by atoms with Gasteiger partial charge >= 0.3 is 6.03 Å². The van der Waals surface area contributed by atoms with Crippen LogP contribution in [0, 0.1) is 11.8 Å². The molecular weight excluding hydrogens is 262 g/mol. The zero-order valence-electron chi connectivity index (χ0n) is 13.7. The first-order valence-electron chi connectivity index (χ1n) is 8.98. The lowest BCUT2D eigenvalue weighted by Crippen LogP contribution is -2.41. The molecule has 2 aliphatic rings. The van der Waals surface area contributed by atoms with E-state index >= 15 is 0 Å². The summed E-state index contributed by atoms with van der Waals surface area (Å²) in [5.41, 5.74) is 0. The van der Waals surface area contributed by atoms with Crippen molar-refractivity contribution in [3.05, 3.63) is 0 Å². The average Bonchev–Trinajstić information content (AvgIpc) is 2.99. The Morgan fingerprint density at radius 1 is 1.10 bits per heavy atom. The molecule has 2 amide bonds. The third kappa shape index (κ3) is 6.68. The fourth-order valence-electron chi connectivity index (χ4n) is 3.67. The summed E-state index contributed by atoms with van der Waals surface area (Å²) >= 11 is 0. The van der Waals surface area contributed by atoms with Crippen molar-refractivity contribution in [1.82, 2.24) is 15.5 Å². The molecule has 2 fully saturated rings. The van der Waals surface area contributed by atoms with Gasteiger partial charge in [0, 0.05) is 19.6 Å². The molecular formula is C17H33N3O. The maximum Gasteiger partial charge on any atom is 0.314 e. The van der Waals surface area contributed by atoms with E-state index in [0.29, 0.717) is 5.92 Å². The fourth-order valence-corrected chi connectivity index (χ4v) is 3.67. The first-order chi connectivity index (χ1) is 10.2. The molecule has 0 bridgehead atoms. The molecule has 2 N–H and O–H groups in total. The molecule has 4 heteroatoms. The van der Waals surface area contributed by atoms with Gasteiger partial charge in [0.25, 0.3) is 0 Å². The molecule has 1 aliphatic heterocycles. The summed E-state index contributed by atoms with van der Waals surface area (Å²) in [4.78, 5) is 14.3. The van der Waals surface area contributed by atoms with E-state index in [1.807, 2.05) is 0 Å². The van der Waals surface area contributed by atoms with E-state index in [1.165, 1.54) is 58.0 Å². The number of carbonyl (C=O) groups is 1. The minimum Gasteiger partial charge on any atom is -0.338 e. The number of nitrogens with one attached hydrogen (secondary N) is 2. The van der Waals surface area contributed by atoms with Gasteiger partial charge in [-0.25, -0.2) is 4.79 Å². The van der Waals surface area contributed by atoms with Gasteiger partial charge in [0.1, 0.15) is 0 Å². The Morgan fingerprint density at radius 3 is 2.52 bits per heavy atom. The molecule has 0 radical (unpaired) electrons. The molecule has 1 saturated carbocycles. The summed E-state index contributed by atoms with van der Waals surface area (Å²) < 4.78 is 0. The second-order valence-corrected chi connectivity index (χ2v) is 7.04. The van der Waals surface area contributed by atoms with E-state index in [-0.39, 0.29) is 6.03 Å². The number of piperidine rings is 1. The quantitative estimate of drug-likeness (QED) is 0.758. The van der Waals surface area contributed by atoms with Crippen molar-refractivity contribution in [3.8, 4) is 0 Å². The van der Waals surface area contributed by atoms with Crippen LogP contribution >= 0.6 is 0 Å². The van der Waals surface area contributed by atoms with Gasteiger partial charge in [-0.1, -0.05) is 39.0 Å². The molecule has 0 spiro atoms. The molecule has 1 aliphatic carbocycles. The van der Waals surface area contributed by atoms with E-state index in [4.69, 9.17) is 0 Å². The van der Waals surface area contributed by atoms with Crippen LogP contribution < -0.4 is 10.6 Å². The van der Waals surface area contributed by atoms with Gasteiger partial charge in [-0.05, 0) is 44.2 Å². The Morgan fingerprint density at radius 2 is 1.81 bits per heavy atom. The summed E-state index contributed by atoms with van der Waals surface area (Å²) in [7, 11) is 0. The van der Waals surface area contributed by atoms with Gasteiger partial charge in [-0.15, -0.1) is 0 Å².